The van der Waals surface area contributed by atoms with Crippen LogP contribution >= 0.6 is 0 Å². The predicted octanol–water partition coefficient (Wildman–Crippen LogP) is 10.7. The first kappa shape index (κ1) is 37.5. The number of hydrogen-bond acceptors (Lipinski definition) is 6. The Bertz CT molecular complexity index is 1330. The Labute approximate surface area is 282 Å². The maximum absolute atomic E-state index is 12.7. The van der Waals surface area contributed by atoms with E-state index in [-0.39, 0.29) is 5.56 Å². The summed E-state index contributed by atoms with van der Waals surface area (Å²) >= 11 is 0. The van der Waals surface area contributed by atoms with Crippen LogP contribution in [0.5, 0.6) is 5.75 Å². The molecule has 1 atom stereocenters. The zero-order chi connectivity index (χ0) is 33.7. The Kier molecular flexibility index (Phi) is 17.4. The third-order valence-electron chi connectivity index (χ3n) is 8.39. The molecule has 47 heavy (non-hydrogen) atoms. The van der Waals surface area contributed by atoms with Gasteiger partial charge in [-0.15, -0.1) is 0 Å². The van der Waals surface area contributed by atoms with Crippen LogP contribution in [0.15, 0.2) is 72.8 Å². The van der Waals surface area contributed by atoms with Crippen LogP contribution < -0.4 is 4.74 Å². The SMILES string of the molecule is CCCCCCCCCCCCOC(=O)[C@H](C)OC(=O)c1ccc(OC(=O)c2ccc(-c3ccc(CCCCCC)cc3)cc2)cc1. The van der Waals surface area contributed by atoms with E-state index < -0.39 is 24.0 Å². The lowest BCUT2D eigenvalue weighted by Crippen LogP contribution is -2.26. The average molecular weight is 643 g/mol. The van der Waals surface area contributed by atoms with Crippen molar-refractivity contribution in [1.29, 1.82) is 0 Å². The van der Waals surface area contributed by atoms with E-state index >= 15 is 0 Å². The first-order chi connectivity index (χ1) is 22.9. The Morgan fingerprint density at radius 3 is 1.60 bits per heavy atom. The molecule has 0 aliphatic heterocycles. The number of hydrogen-bond donors (Lipinski definition) is 0. The molecule has 0 heterocycles. The summed E-state index contributed by atoms with van der Waals surface area (Å²) in [6.07, 6.45) is 17.1. The second kappa shape index (κ2) is 21.8. The van der Waals surface area contributed by atoms with Crippen LogP contribution in [0.3, 0.4) is 0 Å². The Morgan fingerprint density at radius 2 is 1.02 bits per heavy atom. The van der Waals surface area contributed by atoms with Gasteiger partial charge in [0, 0.05) is 0 Å². The molecule has 6 heteroatoms. The highest BCUT2D eigenvalue weighted by Crippen LogP contribution is 2.22. The molecule has 0 saturated carbocycles. The van der Waals surface area contributed by atoms with Gasteiger partial charge in [-0.25, -0.2) is 14.4 Å². The lowest BCUT2D eigenvalue weighted by Gasteiger charge is -2.13. The highest BCUT2D eigenvalue weighted by atomic mass is 16.6. The van der Waals surface area contributed by atoms with Gasteiger partial charge in [-0.3, -0.25) is 0 Å². The van der Waals surface area contributed by atoms with Crippen molar-refractivity contribution in [1.82, 2.24) is 0 Å². The second-order valence-corrected chi connectivity index (χ2v) is 12.4. The number of esters is 3. The van der Waals surface area contributed by atoms with Crippen LogP contribution in [-0.4, -0.2) is 30.6 Å². The number of carbonyl (C=O) groups excluding carboxylic acids is 3. The standard InChI is InChI=1S/C41H54O6/c1-4-6-8-10-11-12-13-14-15-17-31-45-39(42)32(3)46-40(43)37-27-29-38(30-28-37)47-41(44)36-25-23-35(24-26-36)34-21-19-33(20-22-34)18-16-9-7-5-2/h19-30,32H,4-18,31H2,1-3H3/t32-/m0/s1. The largest absolute Gasteiger partial charge is 0.463 e. The van der Waals surface area contributed by atoms with Gasteiger partial charge in [0.25, 0.3) is 0 Å². The molecule has 6 nitrogen and oxygen atoms in total. The van der Waals surface area contributed by atoms with Crippen molar-refractivity contribution in [3.05, 3.63) is 89.5 Å². The Morgan fingerprint density at radius 1 is 0.553 bits per heavy atom. The predicted molar refractivity (Wildman–Crippen MR) is 189 cm³/mol. The van der Waals surface area contributed by atoms with E-state index in [0.29, 0.717) is 17.9 Å². The summed E-state index contributed by atoms with van der Waals surface area (Å²) in [5, 5.41) is 0. The first-order valence-corrected chi connectivity index (χ1v) is 17.8. The molecule has 0 unspecified atom stereocenters. The topological polar surface area (TPSA) is 78.9 Å². The molecule has 0 spiro atoms. The normalized spacial score (nSPS) is 11.6. The van der Waals surface area contributed by atoms with Gasteiger partial charge in [0.15, 0.2) is 6.10 Å². The van der Waals surface area contributed by atoms with E-state index in [1.165, 1.54) is 107 Å². The van der Waals surface area contributed by atoms with Crippen molar-refractivity contribution < 1.29 is 28.6 Å². The van der Waals surface area contributed by atoms with Crippen molar-refractivity contribution in [3.8, 4) is 16.9 Å². The second-order valence-electron chi connectivity index (χ2n) is 12.4. The zero-order valence-electron chi connectivity index (χ0n) is 28.8. The summed E-state index contributed by atoms with van der Waals surface area (Å²) in [5.74, 6) is -1.39. The first-order valence-electron chi connectivity index (χ1n) is 17.8. The van der Waals surface area contributed by atoms with Gasteiger partial charge in [0.05, 0.1) is 17.7 Å². The molecule has 0 saturated heterocycles. The van der Waals surface area contributed by atoms with Crippen molar-refractivity contribution >= 4 is 17.9 Å². The van der Waals surface area contributed by atoms with E-state index in [1.54, 1.807) is 12.1 Å². The van der Waals surface area contributed by atoms with E-state index in [1.807, 2.05) is 12.1 Å². The molecule has 0 N–H and O–H groups in total. The molecule has 254 valence electrons. The van der Waals surface area contributed by atoms with Gasteiger partial charge in [-0.05, 0) is 79.3 Å². The van der Waals surface area contributed by atoms with E-state index in [2.05, 4.69) is 38.1 Å². The molecule has 3 aromatic carbocycles. The highest BCUT2D eigenvalue weighted by Gasteiger charge is 2.20. The fourth-order valence-corrected chi connectivity index (χ4v) is 5.40. The molecular formula is C41H54O6. The highest BCUT2D eigenvalue weighted by molar-refractivity contribution is 5.93. The minimum atomic E-state index is -1.01. The van der Waals surface area contributed by atoms with Gasteiger partial charge in [0.1, 0.15) is 5.75 Å². The number of rotatable bonds is 22. The zero-order valence-corrected chi connectivity index (χ0v) is 28.8. The van der Waals surface area contributed by atoms with Gasteiger partial charge < -0.3 is 14.2 Å². The molecule has 3 aromatic rings. The van der Waals surface area contributed by atoms with E-state index in [4.69, 9.17) is 14.2 Å². The Hall–Kier alpha value is -3.93. The maximum Gasteiger partial charge on any atom is 0.347 e. The lowest BCUT2D eigenvalue weighted by molar-refractivity contribution is -0.153. The van der Waals surface area contributed by atoms with E-state index in [9.17, 15) is 14.4 Å². The summed E-state index contributed by atoms with van der Waals surface area (Å²) < 4.78 is 16.1. The summed E-state index contributed by atoms with van der Waals surface area (Å²) in [5.41, 5.74) is 4.14. The molecule has 0 aliphatic rings. The molecule has 3 rings (SSSR count). The van der Waals surface area contributed by atoms with Crippen molar-refractivity contribution in [2.24, 2.45) is 0 Å². The van der Waals surface area contributed by atoms with Crippen molar-refractivity contribution in [2.45, 2.75) is 123 Å². The maximum atomic E-state index is 12.7. The summed E-state index contributed by atoms with van der Waals surface area (Å²) in [6, 6.07) is 22.0. The minimum Gasteiger partial charge on any atom is -0.463 e. The van der Waals surface area contributed by atoms with Gasteiger partial charge in [-0.2, -0.15) is 0 Å². The minimum absolute atomic E-state index is 0.246. The summed E-state index contributed by atoms with van der Waals surface area (Å²) in [6.45, 7) is 6.28. The lowest BCUT2D eigenvalue weighted by atomic mass is 10.0. The van der Waals surface area contributed by atoms with Crippen LogP contribution in [0.4, 0.5) is 0 Å². The monoisotopic (exact) mass is 642 g/mol. The molecule has 0 radical (unpaired) electrons. The van der Waals surface area contributed by atoms with Crippen LogP contribution in [-0.2, 0) is 20.7 Å². The third kappa shape index (κ3) is 14.2. The van der Waals surface area contributed by atoms with Gasteiger partial charge in [-0.1, -0.05) is 127 Å². The molecular weight excluding hydrogens is 588 g/mol. The third-order valence-corrected chi connectivity index (χ3v) is 8.39. The van der Waals surface area contributed by atoms with Gasteiger partial charge in [0.2, 0.25) is 0 Å². The van der Waals surface area contributed by atoms with Crippen LogP contribution in [0.25, 0.3) is 11.1 Å². The van der Waals surface area contributed by atoms with Crippen molar-refractivity contribution in [2.75, 3.05) is 6.61 Å². The molecule has 0 bridgehead atoms. The summed E-state index contributed by atoms with van der Waals surface area (Å²) in [7, 11) is 0. The fourth-order valence-electron chi connectivity index (χ4n) is 5.40. The van der Waals surface area contributed by atoms with Crippen LogP contribution in [0.2, 0.25) is 0 Å². The number of benzene rings is 3. The number of ether oxygens (including phenoxy) is 3. The number of unbranched alkanes of at least 4 members (excludes halogenated alkanes) is 12. The fraction of sp³-hybridized carbons (Fsp3) is 0.488. The average Bonchev–Trinajstić information content (AvgIpc) is 3.09. The van der Waals surface area contributed by atoms with Crippen LogP contribution in [0, 0.1) is 0 Å². The van der Waals surface area contributed by atoms with Gasteiger partial charge >= 0.3 is 17.9 Å². The smallest absolute Gasteiger partial charge is 0.347 e. The van der Waals surface area contributed by atoms with Crippen molar-refractivity contribution in [3.63, 3.8) is 0 Å². The molecule has 0 aliphatic carbocycles. The molecule has 0 aromatic heterocycles. The Balaban J connectivity index is 1.36. The van der Waals surface area contributed by atoms with Crippen LogP contribution in [0.1, 0.15) is 137 Å². The van der Waals surface area contributed by atoms with E-state index in [0.717, 1.165) is 36.8 Å². The summed E-state index contributed by atoms with van der Waals surface area (Å²) in [4.78, 5) is 37.6. The number of carbonyl (C=O) groups is 3. The number of aryl methyl sites for hydroxylation is 1. The molecule has 0 amide bonds. The quantitative estimate of drug-likeness (QED) is 0.0616. The molecule has 0 fully saturated rings.